The molecular formula is C5H10N2O6. The summed E-state index contributed by atoms with van der Waals surface area (Å²) in [5.41, 5.74) is 0. The van der Waals surface area contributed by atoms with E-state index in [1.165, 1.54) is 6.92 Å². The van der Waals surface area contributed by atoms with E-state index >= 15 is 0 Å². The van der Waals surface area contributed by atoms with Gasteiger partial charge >= 0.3 is 0 Å². The van der Waals surface area contributed by atoms with Gasteiger partial charge in [0.15, 0.2) is 0 Å². The molecular weight excluding hydrogens is 184 g/mol. The molecule has 0 aromatic rings. The molecule has 0 aliphatic rings. The Morgan fingerprint density at radius 3 is 2.00 bits per heavy atom. The minimum absolute atomic E-state index is 0.260. The van der Waals surface area contributed by atoms with E-state index in [2.05, 4.69) is 9.68 Å². The molecule has 0 radical (unpaired) electrons. The van der Waals surface area contributed by atoms with Crippen LogP contribution in [0.5, 0.6) is 0 Å². The second-order valence-corrected chi connectivity index (χ2v) is 2.31. The van der Waals surface area contributed by atoms with Crippen LogP contribution in [0.25, 0.3) is 0 Å². The molecule has 0 rings (SSSR count). The number of hydrogen-bond donors (Lipinski definition) is 0. The molecule has 13 heavy (non-hydrogen) atoms. The third kappa shape index (κ3) is 4.77. The Bertz CT molecular complexity index is 195. The highest BCUT2D eigenvalue weighted by molar-refractivity contribution is 4.60. The SMILES string of the molecule is CCC(O[N+](=O)[O-])C(C)O[N+](=O)[O-]. The first-order valence-corrected chi connectivity index (χ1v) is 3.59. The minimum atomic E-state index is -1.00. The van der Waals surface area contributed by atoms with Crippen LogP contribution in [0.2, 0.25) is 0 Å². The van der Waals surface area contributed by atoms with E-state index in [0.717, 1.165) is 0 Å². The van der Waals surface area contributed by atoms with E-state index in [4.69, 9.17) is 0 Å². The van der Waals surface area contributed by atoms with Crippen LogP contribution in [0.1, 0.15) is 20.3 Å². The van der Waals surface area contributed by atoms with Gasteiger partial charge in [-0.2, -0.15) is 0 Å². The first-order chi connectivity index (χ1) is 5.97. The molecule has 76 valence electrons. The third-order valence-corrected chi connectivity index (χ3v) is 1.40. The van der Waals surface area contributed by atoms with Gasteiger partial charge in [0.2, 0.25) is 0 Å². The molecule has 0 amide bonds. The van der Waals surface area contributed by atoms with E-state index in [0.29, 0.717) is 0 Å². The Morgan fingerprint density at radius 1 is 1.23 bits per heavy atom. The van der Waals surface area contributed by atoms with Crippen molar-refractivity contribution in [2.75, 3.05) is 0 Å². The van der Waals surface area contributed by atoms with Crippen LogP contribution >= 0.6 is 0 Å². The van der Waals surface area contributed by atoms with Crippen molar-refractivity contribution in [3.05, 3.63) is 20.2 Å². The maximum absolute atomic E-state index is 9.92. The second-order valence-electron chi connectivity index (χ2n) is 2.31. The van der Waals surface area contributed by atoms with Crippen LogP contribution in [0.3, 0.4) is 0 Å². The molecule has 0 N–H and O–H groups in total. The van der Waals surface area contributed by atoms with Crippen molar-refractivity contribution in [2.24, 2.45) is 0 Å². The van der Waals surface area contributed by atoms with Gasteiger partial charge in [0.05, 0.1) is 0 Å². The normalized spacial score (nSPS) is 14.3. The molecule has 2 unspecified atom stereocenters. The molecule has 0 saturated carbocycles. The summed E-state index contributed by atoms with van der Waals surface area (Å²) in [7, 11) is 0. The van der Waals surface area contributed by atoms with Crippen molar-refractivity contribution >= 4 is 0 Å². The van der Waals surface area contributed by atoms with Gasteiger partial charge in [0, 0.05) is 0 Å². The average molecular weight is 194 g/mol. The number of nitrogens with zero attached hydrogens (tertiary/aromatic N) is 2. The van der Waals surface area contributed by atoms with E-state index in [1.807, 2.05) is 0 Å². The lowest BCUT2D eigenvalue weighted by Gasteiger charge is -2.17. The summed E-state index contributed by atoms with van der Waals surface area (Å²) >= 11 is 0. The molecule has 0 fully saturated rings. The van der Waals surface area contributed by atoms with Gasteiger partial charge in [-0.3, -0.25) is 0 Å². The Balaban J connectivity index is 4.06. The van der Waals surface area contributed by atoms with Crippen molar-refractivity contribution in [1.29, 1.82) is 0 Å². The molecule has 0 spiro atoms. The molecule has 0 aromatic heterocycles. The second kappa shape index (κ2) is 5.12. The van der Waals surface area contributed by atoms with Crippen molar-refractivity contribution in [3.63, 3.8) is 0 Å². The Morgan fingerprint density at radius 2 is 1.69 bits per heavy atom. The summed E-state index contributed by atoms with van der Waals surface area (Å²) < 4.78 is 0. The lowest BCUT2D eigenvalue weighted by molar-refractivity contribution is -0.798. The van der Waals surface area contributed by atoms with E-state index in [1.54, 1.807) is 6.92 Å². The number of rotatable bonds is 6. The van der Waals surface area contributed by atoms with Gasteiger partial charge in [0.1, 0.15) is 12.2 Å². The van der Waals surface area contributed by atoms with Crippen LogP contribution in [0, 0.1) is 20.2 Å². The summed E-state index contributed by atoms with van der Waals surface area (Å²) in [6.07, 6.45) is -1.61. The summed E-state index contributed by atoms with van der Waals surface area (Å²) in [5, 5.41) is 17.8. The highest BCUT2D eigenvalue weighted by Crippen LogP contribution is 2.07. The predicted molar refractivity (Wildman–Crippen MR) is 39.7 cm³/mol. The molecule has 0 heterocycles. The van der Waals surface area contributed by atoms with Gasteiger partial charge in [-0.1, -0.05) is 6.92 Å². The summed E-state index contributed by atoms with van der Waals surface area (Å²) in [5.74, 6) is 0. The van der Waals surface area contributed by atoms with Gasteiger partial charge < -0.3 is 9.68 Å². The summed E-state index contributed by atoms with van der Waals surface area (Å²) in [6.45, 7) is 2.94. The lowest BCUT2D eigenvalue weighted by Crippen LogP contribution is -2.32. The number of hydrogen-bond acceptors (Lipinski definition) is 6. The molecule has 0 aromatic carbocycles. The maximum Gasteiger partial charge on any atom is 0.294 e. The van der Waals surface area contributed by atoms with E-state index in [-0.39, 0.29) is 6.42 Å². The third-order valence-electron chi connectivity index (χ3n) is 1.40. The molecule has 0 aliphatic carbocycles. The first-order valence-electron chi connectivity index (χ1n) is 3.59. The molecule has 0 bridgehead atoms. The highest BCUT2D eigenvalue weighted by Gasteiger charge is 2.22. The largest absolute Gasteiger partial charge is 0.309 e. The highest BCUT2D eigenvalue weighted by atomic mass is 17.0. The molecule has 0 aliphatic heterocycles. The predicted octanol–water partition coefficient (Wildman–Crippen LogP) is 0.570. The van der Waals surface area contributed by atoms with Crippen molar-refractivity contribution in [1.82, 2.24) is 0 Å². The lowest BCUT2D eigenvalue weighted by atomic mass is 10.2. The van der Waals surface area contributed by atoms with Gasteiger partial charge in [-0.05, 0) is 13.3 Å². The maximum atomic E-state index is 9.92. The quantitative estimate of drug-likeness (QED) is 0.452. The van der Waals surface area contributed by atoms with E-state index in [9.17, 15) is 20.2 Å². The fourth-order valence-corrected chi connectivity index (χ4v) is 0.806. The van der Waals surface area contributed by atoms with Crippen molar-refractivity contribution < 1.29 is 19.8 Å². The Hall–Kier alpha value is -1.60. The molecule has 0 saturated heterocycles. The van der Waals surface area contributed by atoms with Crippen molar-refractivity contribution in [3.8, 4) is 0 Å². The van der Waals surface area contributed by atoms with Gasteiger partial charge in [-0.15, -0.1) is 20.2 Å². The van der Waals surface area contributed by atoms with Gasteiger partial charge in [-0.25, -0.2) is 0 Å². The van der Waals surface area contributed by atoms with Crippen LogP contribution in [0.15, 0.2) is 0 Å². The van der Waals surface area contributed by atoms with Crippen LogP contribution in [-0.4, -0.2) is 22.4 Å². The Labute approximate surface area is 73.6 Å². The molecule has 8 heteroatoms. The van der Waals surface area contributed by atoms with Crippen LogP contribution < -0.4 is 0 Å². The molecule has 2 atom stereocenters. The minimum Gasteiger partial charge on any atom is -0.309 e. The fraction of sp³-hybridized carbons (Fsp3) is 1.00. The smallest absolute Gasteiger partial charge is 0.294 e. The summed E-state index contributed by atoms with van der Waals surface area (Å²) in [6, 6.07) is 0. The monoisotopic (exact) mass is 194 g/mol. The van der Waals surface area contributed by atoms with Crippen LogP contribution in [0.4, 0.5) is 0 Å². The first kappa shape index (κ1) is 11.4. The standard InChI is InChI=1S/C5H10N2O6/c1-3-5(13-7(10)11)4(2)12-6(8)9/h4-5H,3H2,1-2H3. The molecule has 8 nitrogen and oxygen atoms in total. The van der Waals surface area contributed by atoms with E-state index < -0.39 is 22.4 Å². The van der Waals surface area contributed by atoms with Gasteiger partial charge in [0.25, 0.3) is 10.2 Å². The zero-order chi connectivity index (χ0) is 10.4. The average Bonchev–Trinajstić information content (AvgIpc) is 1.98. The Kier molecular flexibility index (Phi) is 4.49. The fourth-order valence-electron chi connectivity index (χ4n) is 0.806. The van der Waals surface area contributed by atoms with Crippen molar-refractivity contribution in [2.45, 2.75) is 32.5 Å². The topological polar surface area (TPSA) is 105 Å². The summed E-state index contributed by atoms with van der Waals surface area (Å²) in [4.78, 5) is 28.0. The zero-order valence-corrected chi connectivity index (χ0v) is 7.21. The van der Waals surface area contributed by atoms with Crippen LogP contribution in [-0.2, 0) is 9.68 Å². The zero-order valence-electron chi connectivity index (χ0n) is 7.21.